The molecule has 16 aromatic rings. The van der Waals surface area contributed by atoms with E-state index in [0.29, 0.717) is 94.4 Å². The molecule has 0 saturated heterocycles. The molecule has 0 aliphatic rings. The predicted molar refractivity (Wildman–Crippen MR) is 507 cm³/mol. The fourth-order valence-electron chi connectivity index (χ4n) is 13.2. The fraction of sp³-hybridized carbons (Fsp3) is 0.211. The molecule has 125 heavy (non-hydrogen) atoms. The van der Waals surface area contributed by atoms with Crippen LogP contribution in [0.15, 0.2) is 213 Å². The highest BCUT2D eigenvalue weighted by atomic mass is 35.5. The molecule has 13 aromatic heterocycles. The van der Waals surface area contributed by atoms with E-state index in [4.69, 9.17) is 98.6 Å². The van der Waals surface area contributed by atoms with Crippen molar-refractivity contribution in [2.45, 2.75) is 117 Å². The van der Waals surface area contributed by atoms with E-state index in [0.717, 1.165) is 145 Å². The molecule has 0 aliphatic carbocycles. The van der Waals surface area contributed by atoms with Crippen molar-refractivity contribution in [3.63, 3.8) is 0 Å². The van der Waals surface area contributed by atoms with Crippen molar-refractivity contribution in [2.75, 3.05) is 49.2 Å². The number of nitrogens with two attached hydrogens (primary N) is 4. The van der Waals surface area contributed by atoms with Gasteiger partial charge in [0.25, 0.3) is 0 Å². The SMILES string of the molecule is Cc1c(C[C@@H](N)C(=O)N(C)c2ccncc2)sc2c(NCc3ccco3)cc(Cl)nc12.Cc1c(C[C@@H](N)C(=O)Nc2cccc(CO)c2)sc2c(NCc3ccco3)cc(Cl)nc12.Cc1c(C[C@@H](N)C(=O)Nc2cccc(Cl)c2)sc2c(NCc3ccco3)cc(Cl)nc12.Cc1ccc(NC(=O)[C@H](N)Cc2sc3c(NCc4ccco4)cc(Cl)nc3c2C)cc1. The summed E-state index contributed by atoms with van der Waals surface area (Å²) in [5.41, 5.74) is 40.1. The van der Waals surface area contributed by atoms with Crippen molar-refractivity contribution in [1.82, 2.24) is 24.9 Å². The molecule has 0 bridgehead atoms. The summed E-state index contributed by atoms with van der Waals surface area (Å²) in [5.74, 6) is 2.32. The zero-order valence-corrected chi connectivity index (χ0v) is 75.4. The van der Waals surface area contributed by atoms with E-state index in [1.165, 1.54) is 0 Å². The largest absolute Gasteiger partial charge is 0.467 e. The van der Waals surface area contributed by atoms with Gasteiger partial charge in [-0.15, -0.1) is 45.3 Å². The zero-order valence-electron chi connectivity index (χ0n) is 68.4. The van der Waals surface area contributed by atoms with Crippen LogP contribution in [-0.2, 0) is 77.6 Å². The number of carbonyl (C=O) groups excluding carboxylic acids is 4. The highest BCUT2D eigenvalue weighted by molar-refractivity contribution is 7.21. The van der Waals surface area contributed by atoms with Gasteiger partial charge in [0, 0.05) is 117 Å². The predicted octanol–water partition coefficient (Wildman–Crippen LogP) is 19.8. The molecule has 0 fully saturated rings. The minimum absolute atomic E-state index is 0.0946. The first-order valence-corrected chi connectivity index (χ1v) is 44.4. The third-order valence-corrected chi connectivity index (χ3v) is 26.4. The second kappa shape index (κ2) is 42.6. The molecule has 3 aromatic carbocycles. The van der Waals surface area contributed by atoms with Gasteiger partial charge in [0.1, 0.15) is 43.7 Å². The van der Waals surface area contributed by atoms with Gasteiger partial charge in [-0.05, 0) is 166 Å². The van der Waals surface area contributed by atoms with E-state index >= 15 is 0 Å². The quantitative estimate of drug-likeness (QED) is 0.0194. The second-order valence-corrected chi connectivity index (χ2v) is 35.5. The lowest BCUT2D eigenvalue weighted by Crippen LogP contribution is -2.43. The van der Waals surface area contributed by atoms with Crippen LogP contribution in [0.3, 0.4) is 0 Å². The number of anilines is 8. The molecule has 0 radical (unpaired) electrons. The standard InChI is InChI=1S/C23H23ClN4O3S.C23H23ClN4O2S.C22H20Cl2N4O2S.C22H22ClN5O2S/c1-13-19(9-17(25)23(30)27-15-5-2-4-14(8-15)12-29)32-22-18(10-20(24)28-21(13)22)26-11-16-6-3-7-31-16;1-13-5-7-15(8-6-13)27-23(29)17(25)10-19-14(2)21-22(31-19)18(11-20(24)28-21)26-12-16-4-3-9-30-16;1-12-18(9-16(25)22(29)27-14-5-2-4-13(23)8-14)31-21-17(10-19(24)28-20(12)21)26-11-15-6-3-7-30-15;1-13-18(10-16(24)22(29)28(2)14-5-7-25-8-6-14)31-21-17(11-19(23)27-20(13)21)26-12-15-4-3-9-30-15/h2-8,10,17,29H,9,11-12,25H2,1H3,(H,26,28)(H,27,30);3-9,11,17H,10,12,25H2,1-2H3,(H,26,28)(H,27,29);2-8,10,16H,9,11,25H2,1H3,(H,26,28)(H,27,29);3-9,11,16H,10,12,24H2,1-2H3,(H,26,27)/t2*17-;2*16-/m1111/s1. The lowest BCUT2D eigenvalue weighted by molar-refractivity contribution is -0.119. The number of nitrogens with one attached hydrogen (secondary N) is 7. The highest BCUT2D eigenvalue weighted by Gasteiger charge is 2.28. The van der Waals surface area contributed by atoms with Gasteiger partial charge in [0.15, 0.2) is 0 Å². The number of aryl methyl sites for hydroxylation is 5. The summed E-state index contributed by atoms with van der Waals surface area (Å²) in [6, 6.07) is 44.5. The summed E-state index contributed by atoms with van der Waals surface area (Å²) < 4.78 is 25.4. The van der Waals surface area contributed by atoms with Gasteiger partial charge in [-0.1, -0.05) is 93.9 Å². The summed E-state index contributed by atoms with van der Waals surface area (Å²) >= 11 is 37.3. The average molecular weight is 1860 g/mol. The number of fused-ring (bicyclic) bond motifs is 4. The Morgan fingerprint density at radius 3 is 1.06 bits per heavy atom. The summed E-state index contributed by atoms with van der Waals surface area (Å²) in [5, 5.41) is 33.4. The normalized spacial score (nSPS) is 12.1. The number of hydrogen-bond donors (Lipinski definition) is 12. The second-order valence-electron chi connectivity index (χ2n) is 29.1. The summed E-state index contributed by atoms with van der Waals surface area (Å²) in [6.07, 6.45) is 11.4. The number of nitrogens with zero attached hydrogens (tertiary/aromatic N) is 6. The zero-order chi connectivity index (χ0) is 88.5. The first kappa shape index (κ1) is 91.4. The van der Waals surface area contributed by atoms with E-state index in [9.17, 15) is 24.3 Å². The first-order chi connectivity index (χ1) is 60.2. The van der Waals surface area contributed by atoms with Gasteiger partial charge >= 0.3 is 0 Å². The van der Waals surface area contributed by atoms with E-state index in [-0.39, 0.29) is 30.2 Å². The molecule has 0 aliphatic heterocycles. The monoisotopic (exact) mass is 1850 g/mol. The van der Waals surface area contributed by atoms with Gasteiger partial charge in [-0.2, -0.15) is 0 Å². The Labute approximate surface area is 760 Å². The summed E-state index contributed by atoms with van der Waals surface area (Å²) in [7, 11) is 1.72. The van der Waals surface area contributed by atoms with Crippen molar-refractivity contribution in [3.8, 4) is 0 Å². The number of pyridine rings is 5. The van der Waals surface area contributed by atoms with Crippen LogP contribution in [0.4, 0.5) is 45.5 Å². The van der Waals surface area contributed by atoms with Crippen LogP contribution in [0.25, 0.3) is 40.9 Å². The van der Waals surface area contributed by atoms with Crippen LogP contribution in [0.1, 0.15) is 75.9 Å². The van der Waals surface area contributed by atoms with Crippen molar-refractivity contribution in [3.05, 3.63) is 297 Å². The Balaban J connectivity index is 0.000000143. The van der Waals surface area contributed by atoms with Crippen LogP contribution >= 0.6 is 103 Å². The number of benzene rings is 3. The number of rotatable bonds is 29. The maximum atomic E-state index is 12.9. The lowest BCUT2D eigenvalue weighted by atomic mass is 10.1. The van der Waals surface area contributed by atoms with E-state index in [1.54, 1.807) is 180 Å². The molecule has 646 valence electrons. The minimum Gasteiger partial charge on any atom is -0.467 e. The Hall–Kier alpha value is -11.3. The number of aliphatic hydroxyl groups is 1. The third kappa shape index (κ3) is 23.8. The molecule has 16 rings (SSSR count). The van der Waals surface area contributed by atoms with E-state index in [2.05, 4.69) is 62.1 Å². The van der Waals surface area contributed by atoms with Gasteiger partial charge in [-0.3, -0.25) is 24.2 Å². The number of aliphatic hydroxyl groups excluding tert-OH is 1. The van der Waals surface area contributed by atoms with Gasteiger partial charge < -0.3 is 87.8 Å². The van der Waals surface area contributed by atoms with Crippen molar-refractivity contribution in [1.29, 1.82) is 0 Å². The first-order valence-electron chi connectivity index (χ1n) is 39.2. The van der Waals surface area contributed by atoms with Crippen LogP contribution in [0.5, 0.6) is 0 Å². The van der Waals surface area contributed by atoms with Crippen molar-refractivity contribution in [2.24, 2.45) is 22.9 Å². The van der Waals surface area contributed by atoms with Crippen LogP contribution in [-0.4, -0.2) is 84.9 Å². The molecular weight excluding hydrogens is 1770 g/mol. The summed E-state index contributed by atoms with van der Waals surface area (Å²) in [6.45, 7) is 11.9. The van der Waals surface area contributed by atoms with E-state index < -0.39 is 24.2 Å². The molecule has 4 atom stereocenters. The maximum Gasteiger partial charge on any atom is 0.244 e. The van der Waals surface area contributed by atoms with Gasteiger partial charge in [-0.25, -0.2) is 19.9 Å². The number of aromatic nitrogens is 5. The summed E-state index contributed by atoms with van der Waals surface area (Å²) in [4.78, 5) is 78.2. The fourth-order valence-corrected chi connectivity index (χ4v) is 19.4. The smallest absolute Gasteiger partial charge is 0.244 e. The number of thiophene rings is 4. The molecule has 35 heteroatoms. The molecule has 4 amide bonds. The maximum absolute atomic E-state index is 12.9. The van der Waals surface area contributed by atoms with Gasteiger partial charge in [0.2, 0.25) is 23.6 Å². The molecule has 26 nitrogen and oxygen atoms in total. The molecule has 0 saturated carbocycles. The number of carbonyl (C=O) groups is 4. The average Bonchev–Trinajstić information content (AvgIpc) is 1.65. The van der Waals surface area contributed by atoms with Gasteiger partial charge in [0.05, 0.1) is 146 Å². The molecule has 13 heterocycles. The minimum atomic E-state index is -0.741. The van der Waals surface area contributed by atoms with Crippen molar-refractivity contribution >= 4 is 213 Å². The van der Waals surface area contributed by atoms with E-state index in [1.807, 2.05) is 107 Å². The van der Waals surface area contributed by atoms with Crippen LogP contribution in [0, 0.1) is 34.6 Å². The number of likely N-dealkylation sites (N-methyl/N-ethyl adjacent to an activating group) is 1. The van der Waals surface area contributed by atoms with Crippen LogP contribution < -0.4 is 65.1 Å². The number of hydrogen-bond acceptors (Lipinski definition) is 26. The Kier molecular flexibility index (Phi) is 31.1. The van der Waals surface area contributed by atoms with Crippen molar-refractivity contribution < 1.29 is 42.0 Å². The molecule has 0 unspecified atom stereocenters. The number of amides is 4. The number of furan rings is 4. The van der Waals surface area contributed by atoms with Crippen LogP contribution in [0.2, 0.25) is 25.6 Å². The Bertz CT molecular complexity index is 6400. The highest BCUT2D eigenvalue weighted by Crippen LogP contribution is 2.42. The Morgan fingerprint density at radius 1 is 0.408 bits per heavy atom. The third-order valence-electron chi connectivity index (χ3n) is 20.0. The lowest BCUT2D eigenvalue weighted by Gasteiger charge is -2.21. The number of halogens is 5. The molecular formula is C90H88Cl5N17O9S4. The Morgan fingerprint density at radius 2 is 0.736 bits per heavy atom. The molecule has 16 N–H and O–H groups in total. The molecule has 0 spiro atoms. The topological polar surface area (TPSA) is 397 Å².